The average molecular weight is 179 g/mol. The van der Waals surface area contributed by atoms with Crippen LogP contribution in [0, 0.1) is 5.92 Å². The third-order valence-electron chi connectivity index (χ3n) is 3.31. The Balaban J connectivity index is 2.84. The Labute approximate surface area is 82.1 Å². The molecule has 0 bridgehead atoms. The van der Waals surface area contributed by atoms with E-state index in [-0.39, 0.29) is 5.54 Å². The van der Waals surface area contributed by atoms with Gasteiger partial charge in [0.05, 0.1) is 0 Å². The SMILES string of the molecule is CCN(CC)C1(C)C=CC=CC1C. The first-order valence-corrected chi connectivity index (χ1v) is 5.26. The fourth-order valence-electron chi connectivity index (χ4n) is 2.13. The molecule has 0 fully saturated rings. The van der Waals surface area contributed by atoms with E-state index in [0.29, 0.717) is 5.92 Å². The molecule has 1 aliphatic carbocycles. The molecule has 0 N–H and O–H groups in total. The number of hydrogen-bond acceptors (Lipinski definition) is 1. The molecule has 0 heterocycles. The molecule has 1 rings (SSSR count). The Kier molecular flexibility index (Phi) is 3.32. The Morgan fingerprint density at radius 2 is 1.85 bits per heavy atom. The zero-order chi connectivity index (χ0) is 9.90. The zero-order valence-electron chi connectivity index (χ0n) is 9.25. The van der Waals surface area contributed by atoms with Crippen LogP contribution in [-0.2, 0) is 0 Å². The highest BCUT2D eigenvalue weighted by atomic mass is 15.2. The second-order valence-electron chi connectivity index (χ2n) is 3.93. The van der Waals surface area contributed by atoms with Crippen molar-refractivity contribution in [2.45, 2.75) is 33.2 Å². The number of allylic oxidation sites excluding steroid dienone is 2. The van der Waals surface area contributed by atoms with Crippen LogP contribution >= 0.6 is 0 Å². The molecule has 0 aromatic carbocycles. The van der Waals surface area contributed by atoms with Gasteiger partial charge in [-0.1, -0.05) is 45.1 Å². The number of nitrogens with zero attached hydrogens (tertiary/aromatic N) is 1. The molecule has 0 aliphatic heterocycles. The summed E-state index contributed by atoms with van der Waals surface area (Å²) >= 11 is 0. The molecule has 0 amide bonds. The molecule has 1 heteroatoms. The smallest absolute Gasteiger partial charge is 0.0425 e. The van der Waals surface area contributed by atoms with Gasteiger partial charge in [-0.15, -0.1) is 0 Å². The van der Waals surface area contributed by atoms with Gasteiger partial charge < -0.3 is 0 Å². The van der Waals surface area contributed by atoms with E-state index in [1.165, 1.54) is 0 Å². The quantitative estimate of drug-likeness (QED) is 0.644. The maximum Gasteiger partial charge on any atom is 0.0425 e. The van der Waals surface area contributed by atoms with Crippen molar-refractivity contribution in [3.8, 4) is 0 Å². The Morgan fingerprint density at radius 3 is 2.31 bits per heavy atom. The first-order chi connectivity index (χ1) is 6.15. The number of likely N-dealkylation sites (N-methyl/N-ethyl adjacent to an activating group) is 1. The molecule has 2 atom stereocenters. The maximum absolute atomic E-state index is 2.51. The van der Waals surface area contributed by atoms with Crippen LogP contribution in [0.5, 0.6) is 0 Å². The standard InChI is InChI=1S/C12H21N/c1-5-13(6-2)12(4)10-8-7-9-11(12)3/h7-11H,5-6H2,1-4H3. The van der Waals surface area contributed by atoms with Gasteiger partial charge in [0.15, 0.2) is 0 Å². The van der Waals surface area contributed by atoms with Crippen molar-refractivity contribution in [2.24, 2.45) is 5.92 Å². The summed E-state index contributed by atoms with van der Waals surface area (Å²) in [5.41, 5.74) is 0.220. The lowest BCUT2D eigenvalue weighted by molar-refractivity contribution is 0.126. The van der Waals surface area contributed by atoms with E-state index in [0.717, 1.165) is 13.1 Å². The predicted octanol–water partition coefficient (Wildman–Crippen LogP) is 2.85. The second kappa shape index (κ2) is 4.10. The van der Waals surface area contributed by atoms with Crippen LogP contribution in [0.25, 0.3) is 0 Å². The Hall–Kier alpha value is -0.560. The molecule has 74 valence electrons. The average Bonchev–Trinajstić information content (AvgIpc) is 2.12. The third-order valence-corrected chi connectivity index (χ3v) is 3.31. The van der Waals surface area contributed by atoms with Crippen molar-refractivity contribution in [2.75, 3.05) is 13.1 Å². The minimum Gasteiger partial charge on any atom is -0.294 e. The normalized spacial score (nSPS) is 32.8. The van der Waals surface area contributed by atoms with Crippen molar-refractivity contribution in [1.29, 1.82) is 0 Å². The fourth-order valence-corrected chi connectivity index (χ4v) is 2.13. The van der Waals surface area contributed by atoms with E-state index in [1.54, 1.807) is 0 Å². The van der Waals surface area contributed by atoms with Gasteiger partial charge in [0.1, 0.15) is 0 Å². The molecule has 0 saturated carbocycles. The molecule has 1 aliphatic rings. The van der Waals surface area contributed by atoms with E-state index in [1.807, 2.05) is 0 Å². The van der Waals surface area contributed by atoms with Crippen LogP contribution in [0.2, 0.25) is 0 Å². The molecule has 0 aromatic rings. The maximum atomic E-state index is 2.51. The lowest BCUT2D eigenvalue weighted by atomic mass is 9.82. The third kappa shape index (κ3) is 1.86. The van der Waals surface area contributed by atoms with Crippen LogP contribution < -0.4 is 0 Å². The second-order valence-corrected chi connectivity index (χ2v) is 3.93. The molecule has 0 radical (unpaired) electrons. The number of rotatable bonds is 3. The molecule has 0 aromatic heterocycles. The molecule has 1 nitrogen and oxygen atoms in total. The molecule has 13 heavy (non-hydrogen) atoms. The van der Waals surface area contributed by atoms with E-state index >= 15 is 0 Å². The van der Waals surface area contributed by atoms with Crippen molar-refractivity contribution >= 4 is 0 Å². The predicted molar refractivity (Wildman–Crippen MR) is 58.8 cm³/mol. The summed E-state index contributed by atoms with van der Waals surface area (Å²) in [4.78, 5) is 2.51. The lowest BCUT2D eigenvalue weighted by Gasteiger charge is -2.43. The Morgan fingerprint density at radius 1 is 1.23 bits per heavy atom. The van der Waals surface area contributed by atoms with Crippen molar-refractivity contribution in [3.05, 3.63) is 24.3 Å². The fraction of sp³-hybridized carbons (Fsp3) is 0.667. The van der Waals surface area contributed by atoms with E-state index in [4.69, 9.17) is 0 Å². The molecule has 2 unspecified atom stereocenters. The van der Waals surface area contributed by atoms with Crippen molar-refractivity contribution < 1.29 is 0 Å². The highest BCUT2D eigenvalue weighted by Gasteiger charge is 2.32. The van der Waals surface area contributed by atoms with Gasteiger partial charge >= 0.3 is 0 Å². The first-order valence-electron chi connectivity index (χ1n) is 5.26. The van der Waals surface area contributed by atoms with Crippen LogP contribution in [-0.4, -0.2) is 23.5 Å². The van der Waals surface area contributed by atoms with Gasteiger partial charge in [-0.3, -0.25) is 4.90 Å². The van der Waals surface area contributed by atoms with Gasteiger partial charge in [-0.25, -0.2) is 0 Å². The van der Waals surface area contributed by atoms with Crippen LogP contribution in [0.1, 0.15) is 27.7 Å². The van der Waals surface area contributed by atoms with Crippen LogP contribution in [0.4, 0.5) is 0 Å². The summed E-state index contributed by atoms with van der Waals surface area (Å²) in [5, 5.41) is 0. The summed E-state index contributed by atoms with van der Waals surface area (Å²) in [6.45, 7) is 11.3. The van der Waals surface area contributed by atoms with Gasteiger partial charge in [0.2, 0.25) is 0 Å². The summed E-state index contributed by atoms with van der Waals surface area (Å²) in [6, 6.07) is 0. The van der Waals surface area contributed by atoms with Gasteiger partial charge in [0.25, 0.3) is 0 Å². The molecule has 0 spiro atoms. The van der Waals surface area contributed by atoms with Gasteiger partial charge in [-0.05, 0) is 25.9 Å². The summed E-state index contributed by atoms with van der Waals surface area (Å²) in [7, 11) is 0. The highest BCUT2D eigenvalue weighted by Crippen LogP contribution is 2.29. The van der Waals surface area contributed by atoms with Crippen molar-refractivity contribution in [1.82, 2.24) is 4.90 Å². The summed E-state index contributed by atoms with van der Waals surface area (Å²) in [6.07, 6.45) is 8.93. The minimum absolute atomic E-state index is 0.220. The van der Waals surface area contributed by atoms with Crippen LogP contribution in [0.3, 0.4) is 0 Å². The molecular formula is C12H21N. The van der Waals surface area contributed by atoms with Crippen molar-refractivity contribution in [3.63, 3.8) is 0 Å². The topological polar surface area (TPSA) is 3.24 Å². The van der Waals surface area contributed by atoms with Crippen LogP contribution in [0.15, 0.2) is 24.3 Å². The molecular weight excluding hydrogens is 158 g/mol. The lowest BCUT2D eigenvalue weighted by Crippen LogP contribution is -2.49. The van der Waals surface area contributed by atoms with Gasteiger partial charge in [-0.2, -0.15) is 0 Å². The van der Waals surface area contributed by atoms with Gasteiger partial charge in [0, 0.05) is 5.54 Å². The zero-order valence-corrected chi connectivity index (χ0v) is 9.25. The summed E-state index contributed by atoms with van der Waals surface area (Å²) in [5.74, 6) is 0.609. The van der Waals surface area contributed by atoms with E-state index in [9.17, 15) is 0 Å². The van der Waals surface area contributed by atoms with E-state index < -0.39 is 0 Å². The summed E-state index contributed by atoms with van der Waals surface area (Å²) < 4.78 is 0. The Bertz CT molecular complexity index is 213. The number of hydrogen-bond donors (Lipinski definition) is 0. The first kappa shape index (κ1) is 10.5. The largest absolute Gasteiger partial charge is 0.294 e. The minimum atomic E-state index is 0.220. The highest BCUT2D eigenvalue weighted by molar-refractivity contribution is 5.22. The van der Waals surface area contributed by atoms with E-state index in [2.05, 4.69) is 56.9 Å². The molecule has 0 saturated heterocycles. The monoisotopic (exact) mass is 179 g/mol.